The van der Waals surface area contributed by atoms with Crippen LogP contribution in [0, 0.1) is 3.57 Å². The molecule has 2 aliphatic carbocycles. The molecule has 10 heteroatoms. The number of amides is 2. The van der Waals surface area contributed by atoms with E-state index in [4.69, 9.17) is 9.47 Å². The minimum atomic E-state index is -1.11. The van der Waals surface area contributed by atoms with Crippen LogP contribution in [0.1, 0.15) is 57.4 Å². The Morgan fingerprint density at radius 3 is 2.58 bits per heavy atom. The molecule has 0 radical (unpaired) electrons. The Balaban J connectivity index is 2.03. The van der Waals surface area contributed by atoms with Crippen molar-refractivity contribution < 1.29 is 34.4 Å². The molecule has 0 heterocycles. The van der Waals surface area contributed by atoms with Crippen LogP contribution in [0.25, 0.3) is 0 Å². The first-order chi connectivity index (χ1) is 18.3. The number of rotatable bonds is 11. The molecule has 38 heavy (non-hydrogen) atoms. The van der Waals surface area contributed by atoms with Gasteiger partial charge in [0, 0.05) is 24.6 Å². The van der Waals surface area contributed by atoms with Gasteiger partial charge in [0.1, 0.15) is 12.2 Å². The van der Waals surface area contributed by atoms with Crippen molar-refractivity contribution in [2.45, 2.75) is 82.8 Å². The van der Waals surface area contributed by atoms with Crippen LogP contribution in [-0.4, -0.2) is 76.6 Å². The first-order valence-electron chi connectivity index (χ1n) is 13.2. The number of benzene rings is 1. The van der Waals surface area contributed by atoms with Gasteiger partial charge in [0.05, 0.1) is 29.9 Å². The Hall–Kier alpha value is -2.15. The van der Waals surface area contributed by atoms with Crippen LogP contribution in [0.5, 0.6) is 11.5 Å². The molecule has 0 spiro atoms. The Bertz CT molecular complexity index is 1020. The quantitative estimate of drug-likeness (QED) is 0.216. The first kappa shape index (κ1) is 30.4. The highest BCUT2D eigenvalue weighted by molar-refractivity contribution is 14.1. The molecule has 1 fully saturated rings. The highest BCUT2D eigenvalue weighted by Gasteiger charge is 2.43. The molecule has 3 rings (SSSR count). The number of hydrogen-bond donors (Lipinski definition) is 4. The lowest BCUT2D eigenvalue weighted by Gasteiger charge is -2.45. The number of hydrogen-bond acceptors (Lipinski definition) is 7. The maximum absolute atomic E-state index is 13.5. The smallest absolute Gasteiger partial charge is 0.247 e. The molecular weight excluding hydrogens is 603 g/mol. The van der Waals surface area contributed by atoms with Gasteiger partial charge >= 0.3 is 0 Å². The van der Waals surface area contributed by atoms with E-state index in [0.717, 1.165) is 32.1 Å². The van der Waals surface area contributed by atoms with E-state index in [1.54, 1.807) is 29.2 Å². The van der Waals surface area contributed by atoms with Gasteiger partial charge in [0.25, 0.3) is 0 Å². The zero-order valence-corrected chi connectivity index (χ0v) is 24.2. The van der Waals surface area contributed by atoms with Gasteiger partial charge in [0.2, 0.25) is 11.8 Å². The van der Waals surface area contributed by atoms with E-state index in [-0.39, 0.29) is 44.0 Å². The molecule has 2 amide bonds. The van der Waals surface area contributed by atoms with E-state index in [9.17, 15) is 24.9 Å². The fourth-order valence-electron chi connectivity index (χ4n) is 5.14. The summed E-state index contributed by atoms with van der Waals surface area (Å²) in [6, 6.07) is 2.70. The normalized spacial score (nSPS) is 22.2. The van der Waals surface area contributed by atoms with Crippen LogP contribution in [0.2, 0.25) is 0 Å². The van der Waals surface area contributed by atoms with Gasteiger partial charge in [-0.3, -0.25) is 9.59 Å². The molecule has 0 saturated heterocycles. The molecule has 2 aliphatic rings. The molecule has 1 saturated carbocycles. The van der Waals surface area contributed by atoms with E-state index in [1.165, 1.54) is 7.11 Å². The lowest BCUT2D eigenvalue weighted by atomic mass is 9.85. The molecule has 3 atom stereocenters. The average Bonchev–Trinajstić information content (AvgIpc) is 2.93. The average molecular weight is 643 g/mol. The fourth-order valence-corrected chi connectivity index (χ4v) is 5.93. The number of ether oxygens (including phenoxy) is 2. The van der Waals surface area contributed by atoms with Crippen LogP contribution in [-0.2, 0) is 16.2 Å². The molecule has 0 unspecified atom stereocenters. The minimum absolute atomic E-state index is 0.0450. The van der Waals surface area contributed by atoms with E-state index >= 15 is 0 Å². The number of carbonyl (C=O) groups is 2. The predicted molar refractivity (Wildman–Crippen MR) is 152 cm³/mol. The molecule has 0 aliphatic heterocycles. The summed E-state index contributed by atoms with van der Waals surface area (Å²) in [5, 5.41) is 33.1. The van der Waals surface area contributed by atoms with Gasteiger partial charge in [-0.25, -0.2) is 0 Å². The number of halogens is 1. The zero-order chi connectivity index (χ0) is 27.7. The van der Waals surface area contributed by atoms with Gasteiger partial charge in [-0.15, -0.1) is 0 Å². The summed E-state index contributed by atoms with van der Waals surface area (Å²) in [6.45, 7) is 1.68. The summed E-state index contributed by atoms with van der Waals surface area (Å²) >= 11 is 2.08. The largest absolute Gasteiger partial charge is 0.493 e. The third-order valence-corrected chi connectivity index (χ3v) is 7.82. The number of allylic oxidation sites excluding steroid dienone is 1. The summed E-state index contributed by atoms with van der Waals surface area (Å²) in [5.41, 5.74) is 1.03. The fraction of sp³-hybridized carbons (Fsp3) is 0.571. The summed E-state index contributed by atoms with van der Waals surface area (Å²) in [4.78, 5) is 28.3. The maximum atomic E-state index is 13.5. The van der Waals surface area contributed by atoms with Gasteiger partial charge in [0.15, 0.2) is 11.5 Å². The minimum Gasteiger partial charge on any atom is -0.493 e. The topological polar surface area (TPSA) is 129 Å². The third kappa shape index (κ3) is 7.49. The van der Waals surface area contributed by atoms with Crippen LogP contribution < -0.4 is 14.8 Å². The zero-order valence-electron chi connectivity index (χ0n) is 22.1. The number of nitrogens with zero attached hydrogens (tertiary/aromatic N) is 1. The van der Waals surface area contributed by atoms with Crippen molar-refractivity contribution in [3.8, 4) is 11.5 Å². The third-order valence-electron chi connectivity index (χ3n) is 7.02. The van der Waals surface area contributed by atoms with Crippen LogP contribution >= 0.6 is 22.6 Å². The Kier molecular flexibility index (Phi) is 11.9. The first-order valence-corrected chi connectivity index (χ1v) is 14.3. The Morgan fingerprint density at radius 2 is 1.95 bits per heavy atom. The van der Waals surface area contributed by atoms with Gasteiger partial charge < -0.3 is 35.0 Å². The molecule has 0 aromatic heterocycles. The lowest BCUT2D eigenvalue weighted by molar-refractivity contribution is -0.138. The van der Waals surface area contributed by atoms with E-state index < -0.39 is 18.2 Å². The number of nitrogens with one attached hydrogen (secondary N) is 1. The van der Waals surface area contributed by atoms with E-state index in [2.05, 4.69) is 27.9 Å². The number of carbonyl (C=O) groups excluding carboxylic acids is 2. The molecule has 1 aromatic carbocycles. The highest BCUT2D eigenvalue weighted by Crippen LogP contribution is 2.38. The second kappa shape index (κ2) is 14.9. The van der Waals surface area contributed by atoms with Crippen molar-refractivity contribution in [1.82, 2.24) is 10.2 Å². The van der Waals surface area contributed by atoms with E-state index in [1.807, 2.05) is 13.0 Å². The molecule has 4 N–H and O–H groups in total. The highest BCUT2D eigenvalue weighted by atomic mass is 127. The van der Waals surface area contributed by atoms with Crippen LogP contribution in [0.15, 0.2) is 35.9 Å². The van der Waals surface area contributed by atoms with Crippen molar-refractivity contribution in [1.29, 1.82) is 0 Å². The Labute approximate surface area is 238 Å². The molecular formula is C28H39IN2O7. The van der Waals surface area contributed by atoms with Crippen molar-refractivity contribution in [2.24, 2.45) is 0 Å². The molecule has 210 valence electrons. The summed E-state index contributed by atoms with van der Waals surface area (Å²) < 4.78 is 12.5. The molecule has 0 bridgehead atoms. The van der Waals surface area contributed by atoms with Crippen LogP contribution in [0.3, 0.4) is 0 Å². The van der Waals surface area contributed by atoms with Crippen molar-refractivity contribution in [3.63, 3.8) is 0 Å². The second-order valence-electron chi connectivity index (χ2n) is 9.63. The Morgan fingerprint density at radius 1 is 1.21 bits per heavy atom. The SMILES string of the molecule is CCC=CC(=O)N(C1CCCCC1)[C@@H]1CC(C(=O)NCCO)=C[C@H](Oc2c(I)cc(CO)cc2OC)[C@H]1O. The monoisotopic (exact) mass is 642 g/mol. The van der Waals surface area contributed by atoms with Crippen molar-refractivity contribution in [3.05, 3.63) is 45.1 Å². The number of aliphatic hydroxyl groups excluding tert-OH is 3. The standard InChI is InChI=1S/C28H39IN2O7/c1-3-4-10-25(34)31(20-8-6-5-7-9-20)22-15-19(28(36)30-11-12-32)16-23(26(22)35)38-27-21(29)13-18(17-33)14-24(27)37-2/h4,10,13-14,16,20,22-23,26,32-33,35H,3,5-9,11-12,15,17H2,1-2H3,(H,30,36)/t22-,23+,26+/m1/s1. The predicted octanol–water partition coefficient (Wildman–Crippen LogP) is 2.84. The number of aliphatic hydroxyl groups is 3. The molecule has 9 nitrogen and oxygen atoms in total. The van der Waals surface area contributed by atoms with Gasteiger partial charge in [-0.2, -0.15) is 0 Å². The van der Waals surface area contributed by atoms with Crippen LogP contribution in [0.4, 0.5) is 0 Å². The maximum Gasteiger partial charge on any atom is 0.247 e. The van der Waals surface area contributed by atoms with Crippen molar-refractivity contribution >= 4 is 34.4 Å². The van der Waals surface area contributed by atoms with Gasteiger partial charge in [-0.05, 0) is 71.7 Å². The van der Waals surface area contributed by atoms with Gasteiger partial charge in [-0.1, -0.05) is 32.3 Å². The number of methoxy groups -OCH3 is 1. The molecule has 1 aromatic rings. The lowest BCUT2D eigenvalue weighted by Crippen LogP contribution is -2.58. The van der Waals surface area contributed by atoms with E-state index in [0.29, 0.717) is 32.6 Å². The summed E-state index contributed by atoms with van der Waals surface area (Å²) in [5.74, 6) is 0.212. The second-order valence-corrected chi connectivity index (χ2v) is 10.8. The summed E-state index contributed by atoms with van der Waals surface area (Å²) in [6.07, 6.45) is 8.56. The van der Waals surface area contributed by atoms with Crippen molar-refractivity contribution in [2.75, 3.05) is 20.3 Å². The summed E-state index contributed by atoms with van der Waals surface area (Å²) in [7, 11) is 1.49.